The molecule has 1 aliphatic rings. The lowest BCUT2D eigenvalue weighted by molar-refractivity contribution is -0.755. The Morgan fingerprint density at radius 3 is 2.47 bits per heavy atom. The average Bonchev–Trinajstić information content (AvgIpc) is 3.41. The van der Waals surface area contributed by atoms with Gasteiger partial charge >= 0.3 is 0 Å². The standard InChI is InChI=1S/C22H22N4O3S/c1-2-26(15-23-25-22(26)30)16-29-20-11-7-6-10-19(20)27-13-12-18-14-28-21(24-18)17-8-4-3-5-9-17/h3-11,14-15H,2,12-13,16H2,1H3/p+1. The molecular weight excluding hydrogens is 400 g/mol. The number of nitrogens with zero attached hydrogens (tertiary/aromatic N) is 3. The number of ether oxygens (including phenoxy) is 2. The summed E-state index contributed by atoms with van der Waals surface area (Å²) in [6.07, 6.45) is 4.06. The smallest absolute Gasteiger partial charge is 0.299 e. The van der Waals surface area contributed by atoms with E-state index in [9.17, 15) is 0 Å². The minimum absolute atomic E-state index is 0.343. The summed E-state index contributed by atoms with van der Waals surface area (Å²) in [5.41, 5.74) is 4.62. The highest BCUT2D eigenvalue weighted by atomic mass is 32.1. The highest BCUT2D eigenvalue weighted by molar-refractivity contribution is 7.80. The van der Waals surface area contributed by atoms with Crippen LogP contribution in [-0.2, 0) is 6.42 Å². The molecule has 0 bridgehead atoms. The molecule has 3 aromatic rings. The zero-order valence-corrected chi connectivity index (χ0v) is 17.5. The fourth-order valence-corrected chi connectivity index (χ4v) is 3.31. The summed E-state index contributed by atoms with van der Waals surface area (Å²) in [7, 11) is 0. The van der Waals surface area contributed by atoms with Crippen molar-refractivity contribution in [2.24, 2.45) is 5.10 Å². The Bertz CT molecular complexity index is 1040. The molecule has 0 aliphatic carbocycles. The highest BCUT2D eigenvalue weighted by Gasteiger charge is 2.35. The molecule has 2 heterocycles. The first-order chi connectivity index (χ1) is 14.7. The van der Waals surface area contributed by atoms with Gasteiger partial charge in [0.15, 0.2) is 11.5 Å². The predicted molar refractivity (Wildman–Crippen MR) is 118 cm³/mol. The minimum Gasteiger partial charge on any atom is -0.489 e. The summed E-state index contributed by atoms with van der Waals surface area (Å²) in [6, 6.07) is 17.4. The summed E-state index contributed by atoms with van der Waals surface area (Å²) < 4.78 is 17.9. The molecule has 4 rings (SSSR count). The maximum absolute atomic E-state index is 6.04. The van der Waals surface area contributed by atoms with Crippen molar-refractivity contribution < 1.29 is 18.4 Å². The van der Waals surface area contributed by atoms with E-state index in [2.05, 4.69) is 15.5 Å². The number of para-hydroxylation sites is 2. The van der Waals surface area contributed by atoms with Gasteiger partial charge < -0.3 is 13.9 Å². The Morgan fingerprint density at radius 2 is 1.77 bits per heavy atom. The summed E-state index contributed by atoms with van der Waals surface area (Å²) in [6.45, 7) is 3.58. The van der Waals surface area contributed by atoms with Crippen LogP contribution in [0.2, 0.25) is 0 Å². The lowest BCUT2D eigenvalue weighted by atomic mass is 10.2. The first-order valence-electron chi connectivity index (χ1n) is 9.76. The Hall–Kier alpha value is -3.23. The Labute approximate surface area is 180 Å². The molecule has 0 spiro atoms. The number of rotatable bonds is 9. The van der Waals surface area contributed by atoms with Crippen LogP contribution >= 0.6 is 12.2 Å². The van der Waals surface area contributed by atoms with Crippen molar-refractivity contribution in [3.05, 3.63) is 66.6 Å². The molecule has 1 unspecified atom stereocenters. The van der Waals surface area contributed by atoms with Crippen molar-refractivity contribution in [1.29, 1.82) is 0 Å². The Kier molecular flexibility index (Phi) is 6.06. The van der Waals surface area contributed by atoms with Crippen LogP contribution in [-0.4, -0.2) is 40.8 Å². The lowest BCUT2D eigenvalue weighted by Crippen LogP contribution is -2.52. The zero-order valence-electron chi connectivity index (χ0n) is 16.7. The lowest BCUT2D eigenvalue weighted by Gasteiger charge is -2.26. The van der Waals surface area contributed by atoms with Crippen LogP contribution in [0.25, 0.3) is 11.5 Å². The maximum atomic E-state index is 6.04. The van der Waals surface area contributed by atoms with Crippen LogP contribution < -0.4 is 14.9 Å². The largest absolute Gasteiger partial charge is 0.489 e. The minimum atomic E-state index is 0.343. The van der Waals surface area contributed by atoms with E-state index in [1.165, 1.54) is 0 Å². The van der Waals surface area contributed by atoms with Crippen LogP contribution in [0.1, 0.15) is 12.6 Å². The second-order valence-corrected chi connectivity index (χ2v) is 7.23. The number of thiocarbonyl (C=S) groups is 1. The van der Waals surface area contributed by atoms with Crippen LogP contribution in [0.15, 0.2) is 70.4 Å². The SMILES string of the molecule is CC[N+]1(COc2ccccc2OCCc2coc(-c3ccccc3)n2)C=NNC1=S. The van der Waals surface area contributed by atoms with Gasteiger partial charge in [-0.2, -0.15) is 4.48 Å². The van der Waals surface area contributed by atoms with Gasteiger partial charge in [0.05, 0.1) is 18.8 Å². The molecule has 7 nitrogen and oxygen atoms in total. The van der Waals surface area contributed by atoms with Crippen molar-refractivity contribution in [1.82, 2.24) is 10.4 Å². The highest BCUT2D eigenvalue weighted by Crippen LogP contribution is 2.28. The van der Waals surface area contributed by atoms with E-state index in [-0.39, 0.29) is 0 Å². The van der Waals surface area contributed by atoms with E-state index in [1.54, 1.807) is 12.6 Å². The number of nitrogens with one attached hydrogen (secondary N) is 1. The molecule has 0 amide bonds. The maximum Gasteiger partial charge on any atom is 0.299 e. The number of hydrogen-bond donors (Lipinski definition) is 1. The van der Waals surface area contributed by atoms with Gasteiger partial charge in [-0.3, -0.25) is 0 Å². The van der Waals surface area contributed by atoms with Crippen LogP contribution in [0, 0.1) is 0 Å². The van der Waals surface area contributed by atoms with Gasteiger partial charge in [0.2, 0.25) is 19.0 Å². The molecule has 2 aromatic carbocycles. The van der Waals surface area contributed by atoms with Gasteiger partial charge in [-0.25, -0.2) is 10.4 Å². The van der Waals surface area contributed by atoms with E-state index in [1.807, 2.05) is 61.5 Å². The molecule has 0 saturated carbocycles. The third kappa shape index (κ3) is 4.34. The summed E-state index contributed by atoms with van der Waals surface area (Å²) >= 11 is 5.37. The molecule has 0 fully saturated rings. The van der Waals surface area contributed by atoms with Crippen molar-refractivity contribution in [2.75, 3.05) is 19.9 Å². The number of hydrazone groups is 1. The third-order valence-corrected chi connectivity index (χ3v) is 5.35. The van der Waals surface area contributed by atoms with Gasteiger partial charge in [-0.05, 0) is 31.2 Å². The first kappa shape index (κ1) is 20.1. The normalized spacial score (nSPS) is 17.7. The molecule has 0 saturated heterocycles. The van der Waals surface area contributed by atoms with E-state index in [0.717, 1.165) is 17.8 Å². The van der Waals surface area contributed by atoms with Gasteiger partial charge in [0, 0.05) is 24.2 Å². The Morgan fingerprint density at radius 1 is 1.03 bits per heavy atom. The van der Waals surface area contributed by atoms with Crippen molar-refractivity contribution in [2.45, 2.75) is 13.3 Å². The molecule has 0 radical (unpaired) electrons. The molecule has 154 valence electrons. The zero-order chi connectivity index (χ0) is 20.8. The summed E-state index contributed by atoms with van der Waals surface area (Å²) in [4.78, 5) is 4.53. The molecule has 1 aliphatic heterocycles. The van der Waals surface area contributed by atoms with Crippen LogP contribution in [0.3, 0.4) is 0 Å². The number of aromatic nitrogens is 1. The topological polar surface area (TPSA) is 68.9 Å². The van der Waals surface area contributed by atoms with E-state index in [0.29, 0.717) is 46.7 Å². The molecule has 1 N–H and O–H groups in total. The van der Waals surface area contributed by atoms with E-state index >= 15 is 0 Å². The van der Waals surface area contributed by atoms with Crippen molar-refractivity contribution in [3.63, 3.8) is 0 Å². The second-order valence-electron chi connectivity index (χ2n) is 6.84. The third-order valence-electron chi connectivity index (χ3n) is 4.90. The number of benzene rings is 2. The quantitative estimate of drug-likeness (QED) is 0.415. The number of hydrogen-bond acceptors (Lipinski definition) is 6. The fourth-order valence-electron chi connectivity index (χ4n) is 3.03. The second kappa shape index (κ2) is 9.06. The average molecular weight is 424 g/mol. The summed E-state index contributed by atoms with van der Waals surface area (Å²) in [5.74, 6) is 1.95. The van der Waals surface area contributed by atoms with E-state index < -0.39 is 0 Å². The summed E-state index contributed by atoms with van der Waals surface area (Å²) in [5, 5.41) is 4.68. The molecule has 8 heteroatoms. The molecule has 30 heavy (non-hydrogen) atoms. The molecule has 1 aromatic heterocycles. The fraction of sp³-hybridized carbons (Fsp3) is 0.227. The van der Waals surface area contributed by atoms with Gasteiger partial charge in [-0.1, -0.05) is 30.3 Å². The van der Waals surface area contributed by atoms with Crippen molar-refractivity contribution in [3.8, 4) is 23.0 Å². The predicted octanol–water partition coefficient (Wildman–Crippen LogP) is 3.97. The van der Waals surface area contributed by atoms with Crippen LogP contribution in [0.4, 0.5) is 0 Å². The van der Waals surface area contributed by atoms with Crippen molar-refractivity contribution >= 4 is 23.7 Å². The molecule has 1 atom stereocenters. The Balaban J connectivity index is 1.35. The number of oxazole rings is 1. The van der Waals surface area contributed by atoms with Crippen LogP contribution in [0.5, 0.6) is 11.5 Å². The van der Waals surface area contributed by atoms with E-state index in [4.69, 9.17) is 26.1 Å². The number of quaternary nitrogens is 1. The van der Waals surface area contributed by atoms with Gasteiger partial charge in [0.25, 0.3) is 5.11 Å². The molecular formula is C22H23N4O3S+. The first-order valence-corrected chi connectivity index (χ1v) is 10.2. The van der Waals surface area contributed by atoms with Gasteiger partial charge in [0.1, 0.15) is 6.26 Å². The van der Waals surface area contributed by atoms with Gasteiger partial charge in [-0.15, -0.1) is 5.10 Å². The monoisotopic (exact) mass is 423 g/mol.